The third-order valence-electron chi connectivity index (χ3n) is 6.46. The van der Waals surface area contributed by atoms with Crippen LogP contribution in [0.3, 0.4) is 0 Å². The smallest absolute Gasteiger partial charge is 0.224 e. The topological polar surface area (TPSA) is 46.9 Å². The first-order valence-corrected chi connectivity index (χ1v) is 10.0. The zero-order chi connectivity index (χ0) is 18.2. The number of aromatic nitrogens is 2. The van der Waals surface area contributed by atoms with E-state index in [2.05, 4.69) is 52.9 Å². The van der Waals surface area contributed by atoms with Crippen LogP contribution in [0.5, 0.6) is 0 Å². The summed E-state index contributed by atoms with van der Waals surface area (Å²) in [4.78, 5) is 12.4. The van der Waals surface area contributed by atoms with Crippen molar-refractivity contribution in [1.29, 1.82) is 0 Å². The van der Waals surface area contributed by atoms with Crippen LogP contribution >= 0.6 is 0 Å². The van der Waals surface area contributed by atoms with E-state index >= 15 is 0 Å². The van der Waals surface area contributed by atoms with Crippen molar-refractivity contribution in [2.75, 3.05) is 5.32 Å². The first-order chi connectivity index (χ1) is 13.2. The summed E-state index contributed by atoms with van der Waals surface area (Å²) < 4.78 is 1.90. The first kappa shape index (κ1) is 16.5. The maximum absolute atomic E-state index is 12.4. The third-order valence-corrected chi connectivity index (χ3v) is 6.46. The number of hydrogen-bond donors (Lipinski definition) is 1. The highest BCUT2D eigenvalue weighted by Gasteiger charge is 2.40. The Labute approximate surface area is 159 Å². The van der Waals surface area contributed by atoms with Gasteiger partial charge in [-0.2, -0.15) is 5.10 Å². The fourth-order valence-electron chi connectivity index (χ4n) is 5.20. The van der Waals surface area contributed by atoms with Crippen LogP contribution < -0.4 is 5.32 Å². The molecule has 4 nitrogen and oxygen atoms in total. The summed E-state index contributed by atoms with van der Waals surface area (Å²) >= 11 is 0. The van der Waals surface area contributed by atoms with Gasteiger partial charge in [-0.25, -0.2) is 0 Å². The van der Waals surface area contributed by atoms with E-state index in [0.29, 0.717) is 18.9 Å². The fourth-order valence-corrected chi connectivity index (χ4v) is 5.20. The molecule has 4 heteroatoms. The van der Waals surface area contributed by atoms with Gasteiger partial charge < -0.3 is 5.32 Å². The molecule has 1 aromatic heterocycles. The Kier molecular flexibility index (Phi) is 4.19. The predicted octanol–water partition coefficient (Wildman–Crippen LogP) is 4.85. The van der Waals surface area contributed by atoms with Crippen LogP contribution in [0.2, 0.25) is 0 Å². The molecule has 1 heterocycles. The third kappa shape index (κ3) is 3.36. The number of carbonyl (C=O) groups excluding carboxylic acids is 1. The lowest BCUT2D eigenvalue weighted by atomic mass is 9.86. The summed E-state index contributed by atoms with van der Waals surface area (Å²) in [7, 11) is 0. The van der Waals surface area contributed by atoms with Crippen molar-refractivity contribution in [2.24, 2.45) is 17.8 Å². The summed E-state index contributed by atoms with van der Waals surface area (Å²) in [6.45, 7) is 0.698. The molecule has 2 bridgehead atoms. The number of rotatable bonds is 5. The minimum absolute atomic E-state index is 0.136. The standard InChI is InChI=1S/C23H25N3O/c27-23(12-20-11-16-8-9-18(20)10-16)25-21-13-24-26(15-21)14-19-6-3-5-17-4-1-2-7-22(17)19/h1-7,13,15-16,18,20H,8-12,14H2,(H,25,27). The van der Waals surface area contributed by atoms with Crippen molar-refractivity contribution < 1.29 is 4.79 Å². The second-order valence-electron chi connectivity index (χ2n) is 8.25. The molecule has 2 aromatic carbocycles. The molecule has 3 aromatic rings. The Morgan fingerprint density at radius 3 is 2.85 bits per heavy atom. The minimum atomic E-state index is 0.136. The van der Waals surface area contributed by atoms with Gasteiger partial charge in [0.2, 0.25) is 5.91 Å². The lowest BCUT2D eigenvalue weighted by molar-refractivity contribution is -0.117. The van der Waals surface area contributed by atoms with Crippen LogP contribution in [0, 0.1) is 17.8 Å². The van der Waals surface area contributed by atoms with Gasteiger partial charge in [-0.1, -0.05) is 48.9 Å². The normalized spacial score (nSPS) is 23.8. The second-order valence-corrected chi connectivity index (χ2v) is 8.25. The lowest BCUT2D eigenvalue weighted by Crippen LogP contribution is -2.20. The van der Waals surface area contributed by atoms with Gasteiger partial charge in [0.15, 0.2) is 0 Å². The molecular weight excluding hydrogens is 334 g/mol. The lowest BCUT2D eigenvalue weighted by Gasteiger charge is -2.20. The highest BCUT2D eigenvalue weighted by molar-refractivity contribution is 5.90. The van der Waals surface area contributed by atoms with E-state index in [0.717, 1.165) is 17.5 Å². The Hall–Kier alpha value is -2.62. The number of nitrogens with one attached hydrogen (secondary N) is 1. The van der Waals surface area contributed by atoms with Crippen molar-refractivity contribution in [2.45, 2.75) is 38.6 Å². The largest absolute Gasteiger partial charge is 0.323 e. The van der Waals surface area contributed by atoms with Gasteiger partial charge >= 0.3 is 0 Å². The molecule has 3 atom stereocenters. The Balaban J connectivity index is 1.24. The second kappa shape index (κ2) is 6.84. The quantitative estimate of drug-likeness (QED) is 0.708. The van der Waals surface area contributed by atoms with Crippen LogP contribution in [0.4, 0.5) is 5.69 Å². The van der Waals surface area contributed by atoms with Gasteiger partial charge in [0.1, 0.15) is 0 Å². The van der Waals surface area contributed by atoms with Crippen LogP contribution in [-0.4, -0.2) is 15.7 Å². The molecule has 27 heavy (non-hydrogen) atoms. The summed E-state index contributed by atoms with van der Waals surface area (Å²) in [5.41, 5.74) is 2.03. The van der Waals surface area contributed by atoms with E-state index in [9.17, 15) is 4.79 Å². The molecule has 2 fully saturated rings. The summed E-state index contributed by atoms with van der Waals surface area (Å²) in [5.74, 6) is 2.40. The molecule has 2 aliphatic rings. The van der Waals surface area contributed by atoms with E-state index in [4.69, 9.17) is 0 Å². The Bertz CT molecular complexity index is 971. The number of fused-ring (bicyclic) bond motifs is 3. The van der Waals surface area contributed by atoms with Gasteiger partial charge in [-0.3, -0.25) is 9.48 Å². The number of nitrogens with zero attached hydrogens (tertiary/aromatic N) is 2. The molecule has 3 unspecified atom stereocenters. The number of benzene rings is 2. The average molecular weight is 359 g/mol. The van der Waals surface area contributed by atoms with Crippen molar-refractivity contribution in [3.8, 4) is 0 Å². The molecule has 2 aliphatic carbocycles. The monoisotopic (exact) mass is 359 g/mol. The van der Waals surface area contributed by atoms with E-state index in [1.165, 1.54) is 42.0 Å². The number of amides is 1. The van der Waals surface area contributed by atoms with E-state index in [1.54, 1.807) is 6.20 Å². The highest BCUT2D eigenvalue weighted by atomic mass is 16.1. The van der Waals surface area contributed by atoms with Gasteiger partial charge in [0.25, 0.3) is 0 Å². The highest BCUT2D eigenvalue weighted by Crippen LogP contribution is 2.49. The fraction of sp³-hybridized carbons (Fsp3) is 0.391. The first-order valence-electron chi connectivity index (χ1n) is 10.0. The van der Waals surface area contributed by atoms with E-state index in [-0.39, 0.29) is 5.91 Å². The molecular formula is C23H25N3O. The SMILES string of the molecule is O=C(CC1CC2CCC1C2)Nc1cnn(Cc2cccc3ccccc23)c1. The Morgan fingerprint density at radius 1 is 1.11 bits per heavy atom. The van der Waals surface area contributed by atoms with Crippen molar-refractivity contribution >= 4 is 22.4 Å². The van der Waals surface area contributed by atoms with Crippen LogP contribution in [-0.2, 0) is 11.3 Å². The van der Waals surface area contributed by atoms with Gasteiger partial charge in [0.05, 0.1) is 18.4 Å². The van der Waals surface area contributed by atoms with Crippen LogP contribution in [0.1, 0.15) is 37.7 Å². The number of hydrogen-bond acceptors (Lipinski definition) is 2. The van der Waals surface area contributed by atoms with Crippen molar-refractivity contribution in [3.05, 3.63) is 60.4 Å². The van der Waals surface area contributed by atoms with E-state index < -0.39 is 0 Å². The van der Waals surface area contributed by atoms with Crippen molar-refractivity contribution in [3.63, 3.8) is 0 Å². The molecule has 2 saturated carbocycles. The van der Waals surface area contributed by atoms with E-state index in [1.807, 2.05) is 10.9 Å². The summed E-state index contributed by atoms with van der Waals surface area (Å²) in [5, 5.41) is 9.98. The van der Waals surface area contributed by atoms with Gasteiger partial charge in [-0.15, -0.1) is 0 Å². The molecule has 5 rings (SSSR count). The average Bonchev–Trinajstić information content (AvgIpc) is 3.40. The minimum Gasteiger partial charge on any atom is -0.323 e. The van der Waals surface area contributed by atoms with Gasteiger partial charge in [0, 0.05) is 12.6 Å². The summed E-state index contributed by atoms with van der Waals surface area (Å²) in [6.07, 6.45) is 9.65. The van der Waals surface area contributed by atoms with Crippen molar-refractivity contribution in [1.82, 2.24) is 9.78 Å². The predicted molar refractivity (Wildman–Crippen MR) is 107 cm³/mol. The van der Waals surface area contributed by atoms with Crippen LogP contribution in [0.15, 0.2) is 54.9 Å². The molecule has 0 radical (unpaired) electrons. The molecule has 0 aliphatic heterocycles. The van der Waals surface area contributed by atoms with Gasteiger partial charge in [-0.05, 0) is 53.4 Å². The molecule has 0 saturated heterocycles. The summed E-state index contributed by atoms with van der Waals surface area (Å²) in [6, 6.07) is 14.7. The van der Waals surface area contributed by atoms with Crippen LogP contribution in [0.25, 0.3) is 10.8 Å². The number of anilines is 1. The molecule has 0 spiro atoms. The zero-order valence-corrected chi connectivity index (χ0v) is 15.5. The Morgan fingerprint density at radius 2 is 2.00 bits per heavy atom. The maximum Gasteiger partial charge on any atom is 0.224 e. The maximum atomic E-state index is 12.4. The zero-order valence-electron chi connectivity index (χ0n) is 15.5. The molecule has 1 N–H and O–H groups in total. The molecule has 138 valence electrons. The number of carbonyl (C=O) groups is 1. The molecule has 1 amide bonds.